The largest absolute Gasteiger partial charge is 0.476 e. The number of ether oxygens (including phenoxy) is 2. The zero-order valence-electron chi connectivity index (χ0n) is 14.6. The highest BCUT2D eigenvalue weighted by molar-refractivity contribution is 5.99. The number of carboxylic acids is 4. The number of hydrogen-bond acceptors (Lipinski definition) is 10. The number of carbonyl (C=O) groups is 4. The summed E-state index contributed by atoms with van der Waals surface area (Å²) in [5.41, 5.74) is -2.83. The van der Waals surface area contributed by atoms with Crippen molar-refractivity contribution in [3.05, 3.63) is 22.8 Å². The van der Waals surface area contributed by atoms with Gasteiger partial charge in [0.1, 0.15) is 24.3 Å². The Bertz CT molecular complexity index is 991. The van der Waals surface area contributed by atoms with Gasteiger partial charge in [0.2, 0.25) is 11.4 Å². The minimum atomic E-state index is -1.57. The third-order valence-corrected chi connectivity index (χ3v) is 4.83. The van der Waals surface area contributed by atoms with E-state index in [-0.39, 0.29) is 13.2 Å². The number of fused-ring (bicyclic) bond motifs is 1. The van der Waals surface area contributed by atoms with Crippen molar-refractivity contribution in [3.63, 3.8) is 0 Å². The Morgan fingerprint density at radius 1 is 0.700 bits per heavy atom. The summed E-state index contributed by atoms with van der Waals surface area (Å²) in [5, 5.41) is 51.0. The Labute approximate surface area is 164 Å². The predicted octanol–water partition coefficient (Wildman–Crippen LogP) is -1.76. The quantitative estimate of drug-likeness (QED) is 0.403. The van der Waals surface area contributed by atoms with Crippen LogP contribution in [0.4, 0.5) is 0 Å². The second-order valence-corrected chi connectivity index (χ2v) is 6.41. The summed E-state index contributed by atoms with van der Waals surface area (Å²) in [7, 11) is 0. The Hall–Kier alpha value is -3.92. The second-order valence-electron chi connectivity index (χ2n) is 6.41. The predicted molar refractivity (Wildman–Crippen MR) is 85.4 cm³/mol. The van der Waals surface area contributed by atoms with Crippen LogP contribution >= 0.6 is 0 Å². The molecule has 0 aromatic carbocycles. The summed E-state index contributed by atoms with van der Waals surface area (Å²) in [5.74, 6) is -6.28. The van der Waals surface area contributed by atoms with Gasteiger partial charge in [0.15, 0.2) is 11.4 Å². The van der Waals surface area contributed by atoms with Crippen LogP contribution < -0.4 is 0 Å². The first kappa shape index (κ1) is 19.4. The molecule has 2 aromatic heterocycles. The summed E-state index contributed by atoms with van der Waals surface area (Å²) in [6, 6.07) is -1.75. The molecule has 2 aliphatic heterocycles. The number of carboxylic acid groups (broad SMARTS) is 4. The van der Waals surface area contributed by atoms with E-state index in [2.05, 4.69) is 20.6 Å². The topological polar surface area (TPSA) is 229 Å². The zero-order chi connectivity index (χ0) is 21.7. The molecule has 0 radical (unpaired) electrons. The minimum absolute atomic E-state index is 0.141. The third-order valence-electron chi connectivity index (χ3n) is 4.83. The summed E-state index contributed by atoms with van der Waals surface area (Å²) < 4.78 is 13.0. The van der Waals surface area contributed by atoms with Crippen LogP contribution in [0.5, 0.6) is 0 Å². The standard InChI is InChI=1S/C14H12N6O10/c21-11(22)5-7(13(25)26)19(17-15-5)3-1-29-10-4(2-30-9(3)10)20-8(14(27)28)6(12(23)24)16-18-20/h3-4,9-10H,1-2H2,(H,21,22)(H,23,24)(H,25,26)(H,27,28)/t3-,4-,9-,10-/m0/s1. The lowest BCUT2D eigenvalue weighted by Crippen LogP contribution is -2.32. The van der Waals surface area contributed by atoms with Crippen LogP contribution in [0, 0.1) is 0 Å². The lowest BCUT2D eigenvalue weighted by Gasteiger charge is -2.18. The van der Waals surface area contributed by atoms with Crippen LogP contribution in [0.3, 0.4) is 0 Å². The maximum atomic E-state index is 11.5. The van der Waals surface area contributed by atoms with E-state index in [0.29, 0.717) is 0 Å². The monoisotopic (exact) mass is 424 g/mol. The minimum Gasteiger partial charge on any atom is -0.476 e. The van der Waals surface area contributed by atoms with E-state index < -0.39 is 70.9 Å². The van der Waals surface area contributed by atoms with Gasteiger partial charge < -0.3 is 29.9 Å². The number of aromatic nitrogens is 6. The molecule has 0 bridgehead atoms. The van der Waals surface area contributed by atoms with Crippen LogP contribution in [-0.4, -0.2) is 99.7 Å². The second kappa shape index (κ2) is 6.85. The highest BCUT2D eigenvalue weighted by Gasteiger charge is 2.52. The van der Waals surface area contributed by atoms with Gasteiger partial charge in [-0.1, -0.05) is 10.4 Å². The van der Waals surface area contributed by atoms with Crippen molar-refractivity contribution in [2.45, 2.75) is 24.3 Å². The summed E-state index contributed by atoms with van der Waals surface area (Å²) >= 11 is 0. The molecule has 158 valence electrons. The molecule has 2 aliphatic rings. The number of rotatable bonds is 6. The Morgan fingerprint density at radius 2 is 1.07 bits per heavy atom. The molecular formula is C14H12N6O10. The van der Waals surface area contributed by atoms with E-state index in [1.54, 1.807) is 0 Å². The Balaban J connectivity index is 1.68. The third kappa shape index (κ3) is 2.77. The van der Waals surface area contributed by atoms with Gasteiger partial charge in [-0.3, -0.25) is 0 Å². The molecule has 4 atom stereocenters. The first-order chi connectivity index (χ1) is 14.2. The van der Waals surface area contributed by atoms with Crippen LogP contribution in [-0.2, 0) is 9.47 Å². The molecular weight excluding hydrogens is 412 g/mol. The summed E-state index contributed by atoms with van der Waals surface area (Å²) in [6.07, 6.45) is -1.70. The van der Waals surface area contributed by atoms with Gasteiger partial charge in [0, 0.05) is 0 Å². The van der Waals surface area contributed by atoms with Crippen molar-refractivity contribution in [2.75, 3.05) is 13.2 Å². The molecule has 4 heterocycles. The van der Waals surface area contributed by atoms with Gasteiger partial charge in [0.25, 0.3) is 0 Å². The molecule has 16 heteroatoms. The van der Waals surface area contributed by atoms with Crippen LogP contribution in [0.25, 0.3) is 0 Å². The van der Waals surface area contributed by atoms with E-state index in [1.807, 2.05) is 0 Å². The molecule has 2 aromatic rings. The van der Waals surface area contributed by atoms with Crippen molar-refractivity contribution in [1.82, 2.24) is 30.0 Å². The van der Waals surface area contributed by atoms with Gasteiger partial charge in [-0.15, -0.1) is 10.2 Å². The average molecular weight is 424 g/mol. The van der Waals surface area contributed by atoms with Gasteiger partial charge in [0.05, 0.1) is 13.2 Å². The smallest absolute Gasteiger partial charge is 0.359 e. The molecule has 0 aliphatic carbocycles. The fourth-order valence-corrected chi connectivity index (χ4v) is 3.62. The van der Waals surface area contributed by atoms with Gasteiger partial charge >= 0.3 is 23.9 Å². The molecule has 30 heavy (non-hydrogen) atoms. The lowest BCUT2D eigenvalue weighted by atomic mass is 10.1. The van der Waals surface area contributed by atoms with Crippen LogP contribution in [0.2, 0.25) is 0 Å². The first-order valence-electron chi connectivity index (χ1n) is 8.29. The molecule has 0 saturated carbocycles. The number of hydrogen-bond donors (Lipinski definition) is 4. The molecule has 16 nitrogen and oxygen atoms in total. The Morgan fingerprint density at radius 3 is 1.37 bits per heavy atom. The normalized spacial score (nSPS) is 25.2. The van der Waals surface area contributed by atoms with Crippen molar-refractivity contribution >= 4 is 23.9 Å². The Kier molecular flexibility index (Phi) is 4.43. The average Bonchev–Trinajstić information content (AvgIpc) is 3.41. The summed E-state index contributed by atoms with van der Waals surface area (Å²) in [4.78, 5) is 45.5. The number of aromatic carboxylic acids is 4. The maximum absolute atomic E-state index is 11.5. The maximum Gasteiger partial charge on any atom is 0.359 e. The molecule has 0 amide bonds. The molecule has 2 fully saturated rings. The molecule has 0 unspecified atom stereocenters. The summed E-state index contributed by atoms with van der Waals surface area (Å²) in [6.45, 7) is -0.283. The van der Waals surface area contributed by atoms with Gasteiger partial charge in [-0.05, 0) is 0 Å². The molecule has 4 rings (SSSR count). The van der Waals surface area contributed by atoms with Gasteiger partial charge in [-0.25, -0.2) is 28.5 Å². The molecule has 2 saturated heterocycles. The van der Waals surface area contributed by atoms with Crippen molar-refractivity contribution in [1.29, 1.82) is 0 Å². The molecule has 4 N–H and O–H groups in total. The van der Waals surface area contributed by atoms with E-state index in [0.717, 1.165) is 9.36 Å². The van der Waals surface area contributed by atoms with Crippen molar-refractivity contribution in [2.24, 2.45) is 0 Å². The highest BCUT2D eigenvalue weighted by Crippen LogP contribution is 2.40. The van der Waals surface area contributed by atoms with Crippen molar-refractivity contribution in [3.8, 4) is 0 Å². The van der Waals surface area contributed by atoms with E-state index in [1.165, 1.54) is 0 Å². The van der Waals surface area contributed by atoms with Gasteiger partial charge in [-0.2, -0.15) is 0 Å². The highest BCUT2D eigenvalue weighted by atomic mass is 16.6. The zero-order valence-corrected chi connectivity index (χ0v) is 14.6. The lowest BCUT2D eigenvalue weighted by molar-refractivity contribution is 0.0564. The number of nitrogens with zero attached hydrogens (tertiary/aromatic N) is 6. The van der Waals surface area contributed by atoms with E-state index >= 15 is 0 Å². The SMILES string of the molecule is O=C(O)c1nnn([C@H]2CO[C@@H]3[C@H]2OC[C@@H]3n2nnc(C(=O)O)c2C(=O)O)c1C(=O)O. The fraction of sp³-hybridized carbons (Fsp3) is 0.429. The van der Waals surface area contributed by atoms with Crippen LogP contribution in [0.1, 0.15) is 54.0 Å². The molecule has 0 spiro atoms. The van der Waals surface area contributed by atoms with E-state index in [4.69, 9.17) is 19.7 Å². The van der Waals surface area contributed by atoms with Crippen LogP contribution in [0.15, 0.2) is 0 Å². The fourth-order valence-electron chi connectivity index (χ4n) is 3.62. The van der Waals surface area contributed by atoms with Crippen molar-refractivity contribution < 1.29 is 49.1 Å². The van der Waals surface area contributed by atoms with E-state index in [9.17, 15) is 29.4 Å². The first-order valence-corrected chi connectivity index (χ1v) is 8.29.